The van der Waals surface area contributed by atoms with Crippen molar-refractivity contribution in [3.63, 3.8) is 0 Å². The van der Waals surface area contributed by atoms with Crippen LogP contribution in [0.2, 0.25) is 0 Å². The second-order valence-corrected chi connectivity index (χ2v) is 4.17. The van der Waals surface area contributed by atoms with Crippen molar-refractivity contribution in [2.24, 2.45) is 5.73 Å². The molecular weight excluding hydrogens is 228 g/mol. The lowest BCUT2D eigenvalue weighted by Crippen LogP contribution is -2.05. The second kappa shape index (κ2) is 5.64. The molecule has 0 saturated heterocycles. The highest BCUT2D eigenvalue weighted by molar-refractivity contribution is 5.33. The van der Waals surface area contributed by atoms with Gasteiger partial charge >= 0.3 is 0 Å². The summed E-state index contributed by atoms with van der Waals surface area (Å²) in [5.74, 6) is 0.887. The van der Waals surface area contributed by atoms with Crippen molar-refractivity contribution >= 4 is 0 Å². The standard InChI is InChI=1S/C13H18N4O/c1-3-18-13-7-5-4-6-11(13)8-17-9-12(10(2)14)15-16-17/h4-7,9-10H,3,8,14H2,1-2H3. The summed E-state index contributed by atoms with van der Waals surface area (Å²) in [7, 11) is 0. The van der Waals surface area contributed by atoms with Crippen LogP contribution < -0.4 is 10.5 Å². The van der Waals surface area contributed by atoms with E-state index >= 15 is 0 Å². The van der Waals surface area contributed by atoms with Crippen molar-refractivity contribution in [2.75, 3.05) is 6.61 Å². The Hall–Kier alpha value is -1.88. The predicted molar refractivity (Wildman–Crippen MR) is 69.3 cm³/mol. The van der Waals surface area contributed by atoms with Crippen molar-refractivity contribution in [3.05, 3.63) is 41.7 Å². The van der Waals surface area contributed by atoms with Gasteiger partial charge in [0, 0.05) is 11.6 Å². The second-order valence-electron chi connectivity index (χ2n) is 4.17. The molecular formula is C13H18N4O. The molecule has 2 N–H and O–H groups in total. The van der Waals surface area contributed by atoms with Crippen molar-refractivity contribution in [3.8, 4) is 5.75 Å². The lowest BCUT2D eigenvalue weighted by atomic mass is 10.2. The molecule has 1 aromatic heterocycles. The van der Waals surface area contributed by atoms with Crippen LogP contribution in [0.25, 0.3) is 0 Å². The minimum absolute atomic E-state index is 0.0964. The minimum Gasteiger partial charge on any atom is -0.494 e. The highest BCUT2D eigenvalue weighted by Crippen LogP contribution is 2.19. The van der Waals surface area contributed by atoms with Crippen LogP contribution in [0.1, 0.15) is 31.1 Å². The Bertz CT molecular complexity index is 507. The Balaban J connectivity index is 2.17. The Kier molecular flexibility index (Phi) is 3.94. The fourth-order valence-electron chi connectivity index (χ4n) is 1.70. The molecule has 0 saturated carbocycles. The van der Waals surface area contributed by atoms with Crippen LogP contribution in [0.15, 0.2) is 30.5 Å². The molecule has 1 heterocycles. The highest BCUT2D eigenvalue weighted by atomic mass is 16.5. The average Bonchev–Trinajstić information content (AvgIpc) is 2.81. The van der Waals surface area contributed by atoms with E-state index in [-0.39, 0.29) is 6.04 Å². The number of rotatable bonds is 5. The zero-order valence-electron chi connectivity index (χ0n) is 10.7. The molecule has 5 nitrogen and oxygen atoms in total. The molecule has 2 aromatic rings. The van der Waals surface area contributed by atoms with Crippen molar-refractivity contribution in [1.82, 2.24) is 15.0 Å². The first-order valence-electron chi connectivity index (χ1n) is 6.07. The Morgan fingerprint density at radius 3 is 2.83 bits per heavy atom. The molecule has 1 atom stereocenters. The molecule has 0 spiro atoms. The van der Waals surface area contributed by atoms with Gasteiger partial charge in [0.25, 0.3) is 0 Å². The zero-order valence-corrected chi connectivity index (χ0v) is 10.7. The van der Waals surface area contributed by atoms with Gasteiger partial charge in [0.1, 0.15) is 5.75 Å². The number of nitrogens with zero attached hydrogens (tertiary/aromatic N) is 3. The van der Waals surface area contributed by atoms with E-state index in [0.717, 1.165) is 17.0 Å². The summed E-state index contributed by atoms with van der Waals surface area (Å²) in [5.41, 5.74) is 7.64. The summed E-state index contributed by atoms with van der Waals surface area (Å²) >= 11 is 0. The van der Waals surface area contributed by atoms with Crippen molar-refractivity contribution in [1.29, 1.82) is 0 Å². The Labute approximate surface area is 107 Å². The van der Waals surface area contributed by atoms with E-state index in [4.69, 9.17) is 10.5 Å². The van der Waals surface area contributed by atoms with Gasteiger partial charge in [-0.25, -0.2) is 4.68 Å². The van der Waals surface area contributed by atoms with Gasteiger partial charge in [-0.15, -0.1) is 5.10 Å². The largest absolute Gasteiger partial charge is 0.494 e. The van der Waals surface area contributed by atoms with Crippen LogP contribution in [0.5, 0.6) is 5.75 Å². The van der Waals surface area contributed by atoms with Crippen molar-refractivity contribution in [2.45, 2.75) is 26.4 Å². The number of nitrogens with two attached hydrogens (primary N) is 1. The smallest absolute Gasteiger partial charge is 0.124 e. The van der Waals surface area contributed by atoms with Gasteiger partial charge in [0.2, 0.25) is 0 Å². The van der Waals surface area contributed by atoms with E-state index in [0.29, 0.717) is 13.2 Å². The SMILES string of the molecule is CCOc1ccccc1Cn1cc(C(C)N)nn1. The average molecular weight is 246 g/mol. The number of para-hydroxylation sites is 1. The molecule has 5 heteroatoms. The van der Waals surface area contributed by atoms with E-state index in [1.807, 2.05) is 44.3 Å². The Morgan fingerprint density at radius 2 is 2.17 bits per heavy atom. The van der Waals surface area contributed by atoms with E-state index in [1.54, 1.807) is 4.68 Å². The first kappa shape index (κ1) is 12.6. The molecule has 1 aromatic carbocycles. The summed E-state index contributed by atoms with van der Waals surface area (Å²) in [5, 5.41) is 8.10. The first-order chi connectivity index (χ1) is 8.70. The molecule has 0 aliphatic heterocycles. The molecule has 18 heavy (non-hydrogen) atoms. The van der Waals surface area contributed by atoms with Gasteiger partial charge < -0.3 is 10.5 Å². The number of benzene rings is 1. The zero-order chi connectivity index (χ0) is 13.0. The minimum atomic E-state index is -0.0964. The third kappa shape index (κ3) is 2.87. The molecule has 2 rings (SSSR count). The first-order valence-corrected chi connectivity index (χ1v) is 6.07. The van der Waals surface area contributed by atoms with E-state index in [1.165, 1.54) is 0 Å². The van der Waals surface area contributed by atoms with Gasteiger partial charge in [0.15, 0.2) is 0 Å². The summed E-state index contributed by atoms with van der Waals surface area (Å²) in [6.45, 7) is 5.15. The van der Waals surface area contributed by atoms with Crippen LogP contribution in [0.4, 0.5) is 0 Å². The number of hydrogen-bond acceptors (Lipinski definition) is 4. The van der Waals surface area contributed by atoms with Crippen LogP contribution >= 0.6 is 0 Å². The summed E-state index contributed by atoms with van der Waals surface area (Å²) < 4.78 is 7.35. The van der Waals surface area contributed by atoms with Gasteiger partial charge in [-0.2, -0.15) is 0 Å². The van der Waals surface area contributed by atoms with Gasteiger partial charge in [0.05, 0.1) is 25.0 Å². The number of aromatic nitrogens is 3. The van der Waals surface area contributed by atoms with E-state index < -0.39 is 0 Å². The predicted octanol–water partition coefficient (Wildman–Crippen LogP) is 1.74. The molecule has 0 aliphatic rings. The van der Waals surface area contributed by atoms with Gasteiger partial charge in [-0.3, -0.25) is 0 Å². The Morgan fingerprint density at radius 1 is 1.39 bits per heavy atom. The fourth-order valence-corrected chi connectivity index (χ4v) is 1.70. The monoisotopic (exact) mass is 246 g/mol. The lowest BCUT2D eigenvalue weighted by molar-refractivity contribution is 0.335. The van der Waals surface area contributed by atoms with E-state index in [9.17, 15) is 0 Å². The van der Waals surface area contributed by atoms with Crippen LogP contribution in [0.3, 0.4) is 0 Å². The third-order valence-corrected chi connectivity index (χ3v) is 2.63. The number of ether oxygens (including phenoxy) is 1. The molecule has 0 radical (unpaired) electrons. The highest BCUT2D eigenvalue weighted by Gasteiger charge is 2.08. The number of hydrogen-bond donors (Lipinski definition) is 1. The maximum atomic E-state index is 5.76. The molecule has 0 fully saturated rings. The van der Waals surface area contributed by atoms with Crippen molar-refractivity contribution < 1.29 is 4.74 Å². The molecule has 96 valence electrons. The molecule has 1 unspecified atom stereocenters. The molecule has 0 bridgehead atoms. The third-order valence-electron chi connectivity index (χ3n) is 2.63. The fraction of sp³-hybridized carbons (Fsp3) is 0.385. The normalized spacial score (nSPS) is 12.4. The van der Waals surface area contributed by atoms with Crippen LogP contribution in [0, 0.1) is 0 Å². The topological polar surface area (TPSA) is 66.0 Å². The maximum Gasteiger partial charge on any atom is 0.124 e. The van der Waals surface area contributed by atoms with Crippen LogP contribution in [-0.2, 0) is 6.54 Å². The maximum absolute atomic E-state index is 5.76. The van der Waals surface area contributed by atoms with Crippen LogP contribution in [-0.4, -0.2) is 21.6 Å². The quantitative estimate of drug-likeness (QED) is 0.872. The van der Waals surface area contributed by atoms with Gasteiger partial charge in [-0.05, 0) is 19.9 Å². The van der Waals surface area contributed by atoms with E-state index in [2.05, 4.69) is 10.3 Å². The summed E-state index contributed by atoms with van der Waals surface area (Å²) in [4.78, 5) is 0. The summed E-state index contributed by atoms with van der Waals surface area (Å²) in [6, 6.07) is 7.84. The summed E-state index contributed by atoms with van der Waals surface area (Å²) in [6.07, 6.45) is 1.87. The molecule has 0 aliphatic carbocycles. The lowest BCUT2D eigenvalue weighted by Gasteiger charge is -2.09. The van der Waals surface area contributed by atoms with Gasteiger partial charge in [-0.1, -0.05) is 23.4 Å². The molecule has 0 amide bonds.